The van der Waals surface area contributed by atoms with Crippen LogP contribution in [0.4, 0.5) is 0 Å². The average Bonchev–Trinajstić information content (AvgIpc) is 3.56. The van der Waals surface area contributed by atoms with E-state index in [4.69, 9.17) is 16.0 Å². The minimum atomic E-state index is -0.0213. The molecule has 0 saturated heterocycles. The van der Waals surface area contributed by atoms with Gasteiger partial charge in [-0.1, -0.05) is 23.7 Å². The zero-order valence-corrected chi connectivity index (χ0v) is 17.8. The zero-order chi connectivity index (χ0) is 21.5. The Labute approximate surface area is 184 Å². The van der Waals surface area contributed by atoms with Crippen molar-refractivity contribution in [3.8, 4) is 11.6 Å². The van der Waals surface area contributed by atoms with Crippen molar-refractivity contribution < 1.29 is 4.42 Å². The quantitative estimate of drug-likeness (QED) is 0.288. The maximum absolute atomic E-state index is 6.06. The van der Waals surface area contributed by atoms with Gasteiger partial charge >= 0.3 is 0 Å². The summed E-state index contributed by atoms with van der Waals surface area (Å²) in [6, 6.07) is 13.3. The van der Waals surface area contributed by atoms with Gasteiger partial charge in [-0.15, -0.1) is 5.10 Å². The van der Waals surface area contributed by atoms with E-state index in [9.17, 15) is 0 Å². The van der Waals surface area contributed by atoms with Gasteiger partial charge in [-0.3, -0.25) is 9.78 Å². The molecule has 9 nitrogen and oxygen atoms in total. The molecular weight excluding hydrogens is 416 g/mol. The van der Waals surface area contributed by atoms with Crippen molar-refractivity contribution in [1.29, 1.82) is 0 Å². The van der Waals surface area contributed by atoms with Gasteiger partial charge in [0.05, 0.1) is 12.3 Å². The van der Waals surface area contributed by atoms with Crippen LogP contribution in [0.15, 0.2) is 70.5 Å². The van der Waals surface area contributed by atoms with Gasteiger partial charge in [0.2, 0.25) is 5.82 Å². The van der Waals surface area contributed by atoms with E-state index in [0.29, 0.717) is 41.5 Å². The summed E-state index contributed by atoms with van der Waals surface area (Å²) in [5, 5.41) is 18.8. The van der Waals surface area contributed by atoms with Gasteiger partial charge in [0.1, 0.15) is 12.4 Å². The van der Waals surface area contributed by atoms with Gasteiger partial charge in [0.25, 0.3) is 0 Å². The molecule has 4 rings (SSSR count). The molecule has 0 aliphatic rings. The average molecular weight is 439 g/mol. The molecule has 1 aromatic carbocycles. The van der Waals surface area contributed by atoms with E-state index in [-0.39, 0.29) is 6.04 Å². The lowest BCUT2D eigenvalue weighted by molar-refractivity contribution is 0.510. The summed E-state index contributed by atoms with van der Waals surface area (Å²) in [5.41, 5.74) is 1.09. The molecule has 0 spiro atoms. The molecule has 3 N–H and O–H groups in total. The summed E-state index contributed by atoms with van der Waals surface area (Å²) in [5.74, 6) is 2.44. The van der Waals surface area contributed by atoms with E-state index in [1.54, 1.807) is 18.5 Å². The highest BCUT2D eigenvalue weighted by Gasteiger charge is 2.15. The van der Waals surface area contributed by atoms with Gasteiger partial charge in [0.15, 0.2) is 11.7 Å². The van der Waals surface area contributed by atoms with Crippen LogP contribution in [0, 0.1) is 0 Å². The predicted molar refractivity (Wildman–Crippen MR) is 119 cm³/mol. The monoisotopic (exact) mass is 438 g/mol. The lowest BCUT2D eigenvalue weighted by atomic mass is 10.1. The van der Waals surface area contributed by atoms with Crippen molar-refractivity contribution >= 4 is 17.6 Å². The number of H-pyrrole nitrogens is 1. The standard InChI is InChI=1S/C21H23ClN8O/c1-2-23-21(25-14-19-27-20(29-28-19)18-5-3-12-31-18)24-13-17(30-11-4-10-26-30)15-6-8-16(22)9-7-15/h3-12,17H,2,13-14H2,1H3,(H2,23,24,25)(H,27,28,29). The van der Waals surface area contributed by atoms with Crippen LogP contribution in [0.1, 0.15) is 24.4 Å². The van der Waals surface area contributed by atoms with E-state index in [1.165, 1.54) is 0 Å². The fourth-order valence-electron chi connectivity index (χ4n) is 3.09. The SMILES string of the molecule is CCNC(=NCc1nc(-c2ccco2)n[nH]1)NCC(c1ccc(Cl)cc1)n1cccn1. The number of halogens is 1. The molecule has 3 aromatic heterocycles. The molecule has 31 heavy (non-hydrogen) atoms. The number of benzene rings is 1. The molecule has 3 heterocycles. The number of aromatic amines is 1. The summed E-state index contributed by atoms with van der Waals surface area (Å²) < 4.78 is 7.23. The van der Waals surface area contributed by atoms with Crippen LogP contribution in [0.3, 0.4) is 0 Å². The van der Waals surface area contributed by atoms with Gasteiger partial charge in [-0.25, -0.2) is 9.98 Å². The predicted octanol–water partition coefficient (Wildman–Crippen LogP) is 3.26. The minimum absolute atomic E-state index is 0.0213. The maximum atomic E-state index is 6.06. The summed E-state index contributed by atoms with van der Waals surface area (Å²) >= 11 is 6.06. The van der Waals surface area contributed by atoms with Crippen molar-refractivity contribution in [3.05, 3.63) is 77.5 Å². The first-order valence-corrected chi connectivity index (χ1v) is 10.3. The Balaban J connectivity index is 1.45. The number of hydrogen-bond acceptors (Lipinski definition) is 5. The lowest BCUT2D eigenvalue weighted by Crippen LogP contribution is -2.40. The highest BCUT2D eigenvalue weighted by atomic mass is 35.5. The van der Waals surface area contributed by atoms with Gasteiger partial charge in [-0.2, -0.15) is 5.10 Å². The van der Waals surface area contributed by atoms with Crippen molar-refractivity contribution in [1.82, 2.24) is 35.6 Å². The first-order chi connectivity index (χ1) is 15.2. The smallest absolute Gasteiger partial charge is 0.216 e. The van der Waals surface area contributed by atoms with Crippen LogP contribution in [0.5, 0.6) is 0 Å². The second-order valence-electron chi connectivity index (χ2n) is 6.71. The Kier molecular flexibility index (Phi) is 6.63. The molecular formula is C21H23ClN8O. The molecule has 0 radical (unpaired) electrons. The summed E-state index contributed by atoms with van der Waals surface area (Å²) in [6.07, 6.45) is 5.30. The molecule has 0 aliphatic heterocycles. The molecule has 4 aromatic rings. The Morgan fingerprint density at radius 3 is 2.81 bits per heavy atom. The van der Waals surface area contributed by atoms with Crippen molar-refractivity contribution in [3.63, 3.8) is 0 Å². The van der Waals surface area contributed by atoms with Crippen molar-refractivity contribution in [2.24, 2.45) is 4.99 Å². The van der Waals surface area contributed by atoms with Crippen LogP contribution >= 0.6 is 11.6 Å². The first kappa shape index (κ1) is 20.7. The second kappa shape index (κ2) is 9.94. The topological polar surface area (TPSA) is 109 Å². The third kappa shape index (κ3) is 5.32. The maximum Gasteiger partial charge on any atom is 0.216 e. The van der Waals surface area contributed by atoms with E-state index in [0.717, 1.165) is 12.1 Å². The third-order valence-corrected chi connectivity index (χ3v) is 4.82. The number of nitrogens with one attached hydrogen (secondary N) is 3. The number of furan rings is 1. The van der Waals surface area contributed by atoms with Gasteiger partial charge in [0, 0.05) is 30.5 Å². The Hall–Kier alpha value is -3.59. The number of rotatable bonds is 8. The largest absolute Gasteiger partial charge is 0.461 e. The Bertz CT molecular complexity index is 1090. The van der Waals surface area contributed by atoms with Crippen molar-refractivity contribution in [2.45, 2.75) is 19.5 Å². The number of hydrogen-bond donors (Lipinski definition) is 3. The number of aromatic nitrogens is 5. The number of guanidine groups is 1. The molecule has 1 atom stereocenters. The van der Waals surface area contributed by atoms with Crippen LogP contribution in [0.25, 0.3) is 11.6 Å². The molecule has 0 bridgehead atoms. The third-order valence-electron chi connectivity index (χ3n) is 4.57. The molecule has 0 amide bonds. The van der Waals surface area contributed by atoms with Crippen LogP contribution < -0.4 is 10.6 Å². The van der Waals surface area contributed by atoms with E-state index < -0.39 is 0 Å². The zero-order valence-electron chi connectivity index (χ0n) is 17.0. The molecule has 0 saturated carbocycles. The fourth-order valence-corrected chi connectivity index (χ4v) is 3.21. The first-order valence-electron chi connectivity index (χ1n) is 9.95. The van der Waals surface area contributed by atoms with Crippen molar-refractivity contribution in [2.75, 3.05) is 13.1 Å². The second-order valence-corrected chi connectivity index (χ2v) is 7.15. The number of nitrogens with zero attached hydrogens (tertiary/aromatic N) is 5. The van der Waals surface area contributed by atoms with E-state index >= 15 is 0 Å². The van der Waals surface area contributed by atoms with Crippen LogP contribution in [-0.2, 0) is 6.54 Å². The normalized spacial score (nSPS) is 12.6. The molecule has 10 heteroatoms. The highest BCUT2D eigenvalue weighted by molar-refractivity contribution is 6.30. The molecule has 0 fully saturated rings. The fraction of sp³-hybridized carbons (Fsp3) is 0.238. The molecule has 160 valence electrons. The van der Waals surface area contributed by atoms with Gasteiger partial charge in [-0.05, 0) is 42.8 Å². The van der Waals surface area contributed by atoms with Gasteiger partial charge < -0.3 is 15.1 Å². The van der Waals surface area contributed by atoms with E-state index in [1.807, 2.05) is 54.2 Å². The molecule has 0 aliphatic carbocycles. The minimum Gasteiger partial charge on any atom is -0.461 e. The number of aliphatic imine (C=N–C) groups is 1. The highest BCUT2D eigenvalue weighted by Crippen LogP contribution is 2.19. The van der Waals surface area contributed by atoms with Crippen LogP contribution in [0.2, 0.25) is 5.02 Å². The van der Waals surface area contributed by atoms with E-state index in [2.05, 4.69) is 35.9 Å². The van der Waals surface area contributed by atoms with Crippen LogP contribution in [-0.4, -0.2) is 44.0 Å². The lowest BCUT2D eigenvalue weighted by Gasteiger charge is -2.20. The summed E-state index contributed by atoms with van der Waals surface area (Å²) in [7, 11) is 0. The summed E-state index contributed by atoms with van der Waals surface area (Å²) in [4.78, 5) is 9.05. The Morgan fingerprint density at radius 1 is 1.23 bits per heavy atom. The summed E-state index contributed by atoms with van der Waals surface area (Å²) in [6.45, 7) is 3.68. The molecule has 1 unspecified atom stereocenters. The Morgan fingerprint density at radius 2 is 2.10 bits per heavy atom.